The van der Waals surface area contributed by atoms with Crippen LogP contribution in [-0.2, 0) is 11.3 Å². The van der Waals surface area contributed by atoms with Crippen molar-refractivity contribution >= 4 is 17.5 Å². The molecule has 0 aromatic heterocycles. The molecule has 8 N–H and O–H groups in total. The van der Waals surface area contributed by atoms with Gasteiger partial charge in [-0.15, -0.1) is 0 Å². The van der Waals surface area contributed by atoms with E-state index in [4.69, 9.17) is 19.9 Å². The number of benzene rings is 2. The molecule has 5 rings (SSSR count). The summed E-state index contributed by atoms with van der Waals surface area (Å²) in [6.07, 6.45) is -4.28. The van der Waals surface area contributed by atoms with Crippen LogP contribution in [0, 0.1) is 0 Å². The fourth-order valence-electron chi connectivity index (χ4n) is 5.96. The Balaban J connectivity index is 1.62. The number of aromatic hydroxyl groups is 1. The molecule has 226 valence electrons. The summed E-state index contributed by atoms with van der Waals surface area (Å²) in [6, 6.07) is 4.36. The Bertz CT molecular complexity index is 1420. The van der Waals surface area contributed by atoms with Gasteiger partial charge in [-0.25, -0.2) is 0 Å². The van der Waals surface area contributed by atoms with Gasteiger partial charge >= 0.3 is 0 Å². The molecule has 42 heavy (non-hydrogen) atoms. The summed E-state index contributed by atoms with van der Waals surface area (Å²) in [7, 11) is 2.87. The number of nitrogens with one attached hydrogen (secondary N) is 1. The highest BCUT2D eigenvalue weighted by Gasteiger charge is 2.46. The third kappa shape index (κ3) is 5.07. The summed E-state index contributed by atoms with van der Waals surface area (Å²) in [5, 5.41) is 54.9. The number of phenolic OH excluding ortho intramolecular Hbond substituents is 1. The number of aliphatic hydroxyl groups is 4. The summed E-state index contributed by atoms with van der Waals surface area (Å²) in [5.74, 6) is -1.45. The fourth-order valence-corrected chi connectivity index (χ4v) is 5.96. The number of hydrogen-bond donors (Lipinski definition) is 7. The highest BCUT2D eigenvalue weighted by molar-refractivity contribution is 6.30. The smallest absolute Gasteiger partial charge is 0.229 e. The van der Waals surface area contributed by atoms with Gasteiger partial charge in [0.25, 0.3) is 0 Å². The van der Waals surface area contributed by atoms with Crippen molar-refractivity contribution in [3.05, 3.63) is 51.6 Å². The minimum atomic E-state index is -1.77. The van der Waals surface area contributed by atoms with Gasteiger partial charge in [-0.2, -0.15) is 0 Å². The summed E-state index contributed by atoms with van der Waals surface area (Å²) in [5.41, 5.74) is 6.61. The highest BCUT2D eigenvalue weighted by Crippen LogP contribution is 2.45. The first-order valence-corrected chi connectivity index (χ1v) is 13.7. The number of fused-ring (bicyclic) bond motifs is 2. The molecule has 0 spiro atoms. The van der Waals surface area contributed by atoms with Crippen LogP contribution in [-0.4, -0.2) is 94.5 Å². The molecular formula is C29H35N3O10. The SMILES string of the molecule is CN=C(N)NCc1c(C2CCCC2)cc2c(c1O)C(=O)c1c(O[C@@H]3O[C@H](CO)[C@@H](O)[C@H](O)[C@H]3O)cc(OC)cc1C2=O. The van der Waals surface area contributed by atoms with E-state index in [1.165, 1.54) is 26.3 Å². The lowest BCUT2D eigenvalue weighted by Crippen LogP contribution is -2.60. The van der Waals surface area contributed by atoms with Crippen molar-refractivity contribution < 1.29 is 49.3 Å². The molecule has 13 nitrogen and oxygen atoms in total. The molecule has 2 aromatic rings. The van der Waals surface area contributed by atoms with Crippen LogP contribution in [0.15, 0.2) is 23.2 Å². The Hall–Kier alpha value is -3.75. The summed E-state index contributed by atoms with van der Waals surface area (Å²) < 4.78 is 16.6. The summed E-state index contributed by atoms with van der Waals surface area (Å²) in [4.78, 5) is 31.9. The second kappa shape index (κ2) is 11.9. The number of phenols is 1. The van der Waals surface area contributed by atoms with E-state index < -0.39 is 48.9 Å². The van der Waals surface area contributed by atoms with Crippen molar-refractivity contribution in [2.24, 2.45) is 10.7 Å². The minimum absolute atomic E-state index is 0.0415. The minimum Gasteiger partial charge on any atom is -0.507 e. The number of hydrogen-bond acceptors (Lipinski definition) is 11. The molecule has 0 amide bonds. The number of ketones is 2. The van der Waals surface area contributed by atoms with Crippen LogP contribution in [0.2, 0.25) is 0 Å². The van der Waals surface area contributed by atoms with Gasteiger partial charge in [-0.05, 0) is 36.5 Å². The first kappa shape index (κ1) is 29.7. The average Bonchev–Trinajstić information content (AvgIpc) is 3.53. The number of nitrogens with two attached hydrogens (primary N) is 1. The van der Waals surface area contributed by atoms with Crippen molar-refractivity contribution in [1.29, 1.82) is 0 Å². The van der Waals surface area contributed by atoms with Gasteiger partial charge < -0.3 is 50.8 Å². The zero-order valence-electron chi connectivity index (χ0n) is 23.2. The van der Waals surface area contributed by atoms with Gasteiger partial charge in [0.05, 0.1) is 24.8 Å². The number of carbonyl (C=O) groups excluding carboxylic acids is 2. The standard InChI is InChI=1S/C29H35N3O10/c1-31-29(30)32-10-17-14(12-5-3-4-6-12)9-16-21(23(17)35)25(37)20-15(22(16)34)7-13(40-2)8-18(20)41-28-27(39)26(38)24(36)19(11-33)42-28/h7-9,12,19,24,26-28,33,35-36,38-39H,3-6,10-11H2,1-2H3,(H3,30,31,32)/t19-,24-,26+,27-,28-/m1/s1. The zero-order valence-corrected chi connectivity index (χ0v) is 23.2. The van der Waals surface area contributed by atoms with E-state index in [0.717, 1.165) is 31.2 Å². The van der Waals surface area contributed by atoms with E-state index >= 15 is 0 Å². The van der Waals surface area contributed by atoms with Crippen LogP contribution in [0.4, 0.5) is 0 Å². The first-order valence-electron chi connectivity index (χ1n) is 13.7. The Labute approximate surface area is 241 Å². The molecule has 3 aliphatic rings. The number of carbonyl (C=O) groups is 2. The number of methoxy groups -OCH3 is 1. The average molecular weight is 586 g/mol. The molecule has 0 unspecified atom stereocenters. The van der Waals surface area contributed by atoms with Gasteiger partial charge in [0, 0.05) is 36.3 Å². The van der Waals surface area contributed by atoms with Gasteiger partial charge in [-0.3, -0.25) is 14.6 Å². The molecular weight excluding hydrogens is 550 g/mol. The molecule has 1 saturated heterocycles. The van der Waals surface area contributed by atoms with Crippen molar-refractivity contribution in [3.8, 4) is 17.2 Å². The van der Waals surface area contributed by atoms with Crippen LogP contribution in [0.3, 0.4) is 0 Å². The molecule has 1 aliphatic heterocycles. The first-order chi connectivity index (χ1) is 20.1. The molecule has 2 fully saturated rings. The number of aliphatic hydroxyl groups excluding tert-OH is 4. The fraction of sp³-hybridized carbons (Fsp3) is 0.483. The van der Waals surface area contributed by atoms with Crippen molar-refractivity contribution in [3.63, 3.8) is 0 Å². The maximum absolute atomic E-state index is 14.1. The second-order valence-electron chi connectivity index (χ2n) is 10.7. The Kier molecular flexibility index (Phi) is 8.39. The second-order valence-corrected chi connectivity index (χ2v) is 10.7. The summed E-state index contributed by atoms with van der Waals surface area (Å²) in [6.45, 7) is -0.619. The third-order valence-electron chi connectivity index (χ3n) is 8.27. The molecule has 1 saturated carbocycles. The molecule has 2 aromatic carbocycles. The largest absolute Gasteiger partial charge is 0.507 e. The lowest BCUT2D eigenvalue weighted by molar-refractivity contribution is -0.277. The van der Waals surface area contributed by atoms with Gasteiger partial charge in [0.1, 0.15) is 41.7 Å². The number of nitrogens with zero attached hydrogens (tertiary/aromatic N) is 1. The predicted molar refractivity (Wildman–Crippen MR) is 148 cm³/mol. The summed E-state index contributed by atoms with van der Waals surface area (Å²) >= 11 is 0. The number of guanidine groups is 1. The predicted octanol–water partition coefficient (Wildman–Crippen LogP) is 0.0466. The van der Waals surface area contributed by atoms with E-state index in [1.54, 1.807) is 6.07 Å². The van der Waals surface area contributed by atoms with E-state index in [9.17, 15) is 35.1 Å². The van der Waals surface area contributed by atoms with Crippen LogP contribution in [0.25, 0.3) is 0 Å². The van der Waals surface area contributed by atoms with Crippen molar-refractivity contribution in [2.75, 3.05) is 20.8 Å². The topological polar surface area (TPSA) is 213 Å². The molecule has 0 bridgehead atoms. The van der Waals surface area contributed by atoms with Crippen molar-refractivity contribution in [1.82, 2.24) is 5.32 Å². The highest BCUT2D eigenvalue weighted by atomic mass is 16.7. The quantitative estimate of drug-likeness (QED) is 0.145. The van der Waals surface area contributed by atoms with E-state index in [-0.39, 0.29) is 57.9 Å². The van der Waals surface area contributed by atoms with E-state index in [1.807, 2.05) is 0 Å². The van der Waals surface area contributed by atoms with E-state index in [0.29, 0.717) is 5.56 Å². The maximum Gasteiger partial charge on any atom is 0.229 e. The van der Waals surface area contributed by atoms with Crippen molar-refractivity contribution in [2.45, 2.75) is 68.9 Å². The molecule has 5 atom stereocenters. The number of rotatable bonds is 7. The van der Waals surface area contributed by atoms with Gasteiger partial charge in [0.2, 0.25) is 12.1 Å². The monoisotopic (exact) mass is 585 g/mol. The lowest BCUT2D eigenvalue weighted by atomic mass is 9.78. The number of ether oxygens (including phenoxy) is 3. The van der Waals surface area contributed by atoms with E-state index in [2.05, 4.69) is 10.3 Å². The number of aliphatic imine (C=N–C) groups is 1. The third-order valence-corrected chi connectivity index (χ3v) is 8.27. The zero-order chi connectivity index (χ0) is 30.3. The Morgan fingerprint density at radius 1 is 1.05 bits per heavy atom. The van der Waals surface area contributed by atoms with Crippen LogP contribution < -0.4 is 20.5 Å². The van der Waals surface area contributed by atoms with Crippen LogP contribution >= 0.6 is 0 Å². The maximum atomic E-state index is 14.1. The van der Waals surface area contributed by atoms with Gasteiger partial charge in [-0.1, -0.05) is 12.8 Å². The molecule has 0 radical (unpaired) electrons. The molecule has 2 aliphatic carbocycles. The molecule has 1 heterocycles. The van der Waals surface area contributed by atoms with Crippen LogP contribution in [0.5, 0.6) is 17.2 Å². The van der Waals surface area contributed by atoms with Crippen LogP contribution in [0.1, 0.15) is 74.6 Å². The normalized spacial score (nSPS) is 26.1. The molecule has 13 heteroatoms. The Morgan fingerprint density at radius 2 is 1.74 bits per heavy atom. The van der Waals surface area contributed by atoms with Gasteiger partial charge in [0.15, 0.2) is 11.7 Å². The Morgan fingerprint density at radius 3 is 2.38 bits per heavy atom. The lowest BCUT2D eigenvalue weighted by Gasteiger charge is -2.39.